The Morgan fingerprint density at radius 2 is 1.82 bits per heavy atom. The summed E-state index contributed by atoms with van der Waals surface area (Å²) in [6.07, 6.45) is 8.63. The molecule has 4 nitrogen and oxygen atoms in total. The number of hydrogen-bond acceptors (Lipinski definition) is 4. The van der Waals surface area contributed by atoms with Crippen LogP contribution in [-0.4, -0.2) is 24.0 Å². The van der Waals surface area contributed by atoms with Gasteiger partial charge in [0.25, 0.3) is 0 Å². The van der Waals surface area contributed by atoms with Gasteiger partial charge in [-0.15, -0.1) is 0 Å². The van der Waals surface area contributed by atoms with Crippen LogP contribution in [0.2, 0.25) is 0 Å². The van der Waals surface area contributed by atoms with E-state index in [1.54, 1.807) is 6.92 Å². The van der Waals surface area contributed by atoms with Crippen LogP contribution in [0.1, 0.15) is 39.5 Å². The molecular formula is C28H33O4S+. The number of benzene rings is 2. The Labute approximate surface area is 200 Å². The third-order valence-corrected chi connectivity index (χ3v) is 7.84. The standard InChI is InChI=1S/C28H33O4S/c1-21(2)28(30)31-20-10-9-15-27(29)32-23-16-18-25(19-17-23)33(24-12-5-4-6-13-24)26-14-8-7-11-22(26)3/h4-8,12-14,16-19,22,27,29H,1,9-11,15,20H2,2-3H3/q+1. The lowest BCUT2D eigenvalue weighted by Gasteiger charge is -2.18. The predicted molar refractivity (Wildman–Crippen MR) is 134 cm³/mol. The van der Waals surface area contributed by atoms with E-state index in [2.05, 4.69) is 68.1 Å². The number of hydrogen-bond donors (Lipinski definition) is 1. The summed E-state index contributed by atoms with van der Waals surface area (Å²) in [7, 11) is -0.159. The Morgan fingerprint density at radius 3 is 2.48 bits per heavy atom. The number of unbranched alkanes of at least 4 members (excludes halogenated alkanes) is 1. The number of aliphatic hydroxyl groups is 1. The number of esters is 1. The zero-order valence-corrected chi connectivity index (χ0v) is 20.2. The highest BCUT2D eigenvalue weighted by Crippen LogP contribution is 2.37. The summed E-state index contributed by atoms with van der Waals surface area (Å²) in [5.41, 5.74) is 0.391. The Balaban J connectivity index is 1.59. The third kappa shape index (κ3) is 7.37. The van der Waals surface area contributed by atoms with Crippen molar-refractivity contribution in [2.24, 2.45) is 5.92 Å². The smallest absolute Gasteiger partial charge is 0.333 e. The van der Waals surface area contributed by atoms with Crippen LogP contribution in [0.4, 0.5) is 0 Å². The molecule has 0 bridgehead atoms. The SMILES string of the molecule is C=C(C)C(=O)OCCCCC(O)Oc1ccc([S+](C2=CC=CCC2C)c2ccccc2)cc1. The average Bonchev–Trinajstić information content (AvgIpc) is 2.82. The van der Waals surface area contributed by atoms with Gasteiger partial charge in [0.15, 0.2) is 16.1 Å². The zero-order chi connectivity index (χ0) is 23.6. The van der Waals surface area contributed by atoms with Crippen LogP contribution in [0, 0.1) is 5.92 Å². The molecule has 0 aromatic heterocycles. The van der Waals surface area contributed by atoms with Crippen LogP contribution in [0.15, 0.2) is 99.7 Å². The van der Waals surface area contributed by atoms with Crippen LogP contribution in [-0.2, 0) is 20.4 Å². The average molecular weight is 466 g/mol. The molecule has 2 aromatic carbocycles. The van der Waals surface area contributed by atoms with Crippen LogP contribution >= 0.6 is 0 Å². The van der Waals surface area contributed by atoms with E-state index in [1.165, 1.54) is 14.7 Å². The largest absolute Gasteiger partial charge is 0.465 e. The molecule has 0 fully saturated rings. The maximum Gasteiger partial charge on any atom is 0.333 e. The summed E-state index contributed by atoms with van der Waals surface area (Å²) < 4.78 is 10.8. The van der Waals surface area contributed by atoms with Crippen molar-refractivity contribution >= 4 is 16.9 Å². The molecule has 3 rings (SSSR count). The molecule has 1 aliphatic carbocycles. The van der Waals surface area contributed by atoms with Crippen LogP contribution in [0.3, 0.4) is 0 Å². The second kappa shape index (κ2) is 12.5. The van der Waals surface area contributed by atoms with Crippen molar-refractivity contribution in [2.45, 2.75) is 55.6 Å². The van der Waals surface area contributed by atoms with Gasteiger partial charge in [-0.2, -0.15) is 0 Å². The molecule has 0 heterocycles. The van der Waals surface area contributed by atoms with Gasteiger partial charge in [-0.1, -0.05) is 43.9 Å². The fourth-order valence-electron chi connectivity index (χ4n) is 3.54. The van der Waals surface area contributed by atoms with E-state index >= 15 is 0 Å². The molecule has 0 spiro atoms. The van der Waals surface area contributed by atoms with Crippen molar-refractivity contribution in [3.05, 3.63) is 89.9 Å². The number of carbonyl (C=O) groups excluding carboxylic acids is 1. The fourth-order valence-corrected chi connectivity index (χ4v) is 5.91. The summed E-state index contributed by atoms with van der Waals surface area (Å²) in [6, 6.07) is 18.7. The summed E-state index contributed by atoms with van der Waals surface area (Å²) >= 11 is 0. The second-order valence-corrected chi connectivity index (χ2v) is 10.2. The first kappa shape index (κ1) is 24.9. The van der Waals surface area contributed by atoms with E-state index in [0.717, 1.165) is 6.42 Å². The third-order valence-electron chi connectivity index (χ3n) is 5.35. The molecule has 5 heteroatoms. The van der Waals surface area contributed by atoms with Crippen LogP contribution in [0.5, 0.6) is 5.75 Å². The summed E-state index contributed by atoms with van der Waals surface area (Å²) in [4.78, 5) is 15.3. The topological polar surface area (TPSA) is 55.8 Å². The fraction of sp³-hybridized carbons (Fsp3) is 0.321. The molecule has 0 saturated carbocycles. The van der Waals surface area contributed by atoms with Crippen molar-refractivity contribution < 1.29 is 19.4 Å². The molecule has 2 aromatic rings. The Kier molecular flexibility index (Phi) is 9.40. The number of allylic oxidation sites excluding steroid dienone is 4. The summed E-state index contributed by atoms with van der Waals surface area (Å²) in [5, 5.41) is 10.2. The zero-order valence-electron chi connectivity index (χ0n) is 19.4. The number of ether oxygens (including phenoxy) is 2. The lowest BCUT2D eigenvalue weighted by molar-refractivity contribution is -0.139. The molecule has 1 aliphatic rings. The maximum atomic E-state index is 11.4. The Hall–Kier alpha value is -2.76. The molecule has 0 amide bonds. The highest BCUT2D eigenvalue weighted by atomic mass is 32.2. The van der Waals surface area contributed by atoms with Gasteiger partial charge in [0.2, 0.25) is 0 Å². The monoisotopic (exact) mass is 465 g/mol. The van der Waals surface area contributed by atoms with E-state index < -0.39 is 6.29 Å². The molecule has 33 heavy (non-hydrogen) atoms. The van der Waals surface area contributed by atoms with Gasteiger partial charge in [0.1, 0.15) is 10.7 Å². The van der Waals surface area contributed by atoms with Crippen molar-refractivity contribution in [1.82, 2.24) is 0 Å². The molecule has 3 atom stereocenters. The quantitative estimate of drug-likeness (QED) is 0.141. The second-order valence-electron chi connectivity index (χ2n) is 8.21. The van der Waals surface area contributed by atoms with Gasteiger partial charge in [-0.25, -0.2) is 4.79 Å². The molecule has 174 valence electrons. The van der Waals surface area contributed by atoms with Gasteiger partial charge in [0, 0.05) is 17.9 Å². The Bertz CT molecular complexity index is 979. The van der Waals surface area contributed by atoms with Gasteiger partial charge >= 0.3 is 5.97 Å². The van der Waals surface area contributed by atoms with E-state index in [9.17, 15) is 9.90 Å². The van der Waals surface area contributed by atoms with Gasteiger partial charge in [-0.05, 0) is 68.7 Å². The summed E-state index contributed by atoms with van der Waals surface area (Å²) in [5.74, 6) is 0.754. The lowest BCUT2D eigenvalue weighted by Crippen LogP contribution is -2.16. The molecule has 1 N–H and O–H groups in total. The number of aliphatic hydroxyl groups excluding tert-OH is 1. The van der Waals surface area contributed by atoms with Crippen molar-refractivity contribution in [3.63, 3.8) is 0 Å². The number of carbonyl (C=O) groups is 1. The van der Waals surface area contributed by atoms with Gasteiger partial charge in [-0.3, -0.25) is 0 Å². The van der Waals surface area contributed by atoms with Crippen LogP contribution in [0.25, 0.3) is 0 Å². The van der Waals surface area contributed by atoms with Crippen molar-refractivity contribution in [3.8, 4) is 5.75 Å². The van der Waals surface area contributed by atoms with Crippen molar-refractivity contribution in [1.29, 1.82) is 0 Å². The van der Waals surface area contributed by atoms with E-state index in [1.807, 2.05) is 18.2 Å². The van der Waals surface area contributed by atoms with Gasteiger partial charge < -0.3 is 14.6 Å². The van der Waals surface area contributed by atoms with Crippen molar-refractivity contribution in [2.75, 3.05) is 6.61 Å². The van der Waals surface area contributed by atoms with Gasteiger partial charge in [0.05, 0.1) is 17.5 Å². The van der Waals surface area contributed by atoms with E-state index in [-0.39, 0.29) is 16.9 Å². The first-order valence-electron chi connectivity index (χ1n) is 11.4. The molecule has 0 saturated heterocycles. The molecule has 0 aliphatic heterocycles. The lowest BCUT2D eigenvalue weighted by atomic mass is 10.0. The minimum Gasteiger partial charge on any atom is -0.465 e. The first-order chi connectivity index (χ1) is 16.0. The van der Waals surface area contributed by atoms with Crippen LogP contribution < -0.4 is 4.74 Å². The molecular weight excluding hydrogens is 432 g/mol. The normalized spacial score (nSPS) is 17.1. The Morgan fingerprint density at radius 1 is 1.12 bits per heavy atom. The highest BCUT2D eigenvalue weighted by Gasteiger charge is 2.34. The first-order valence-corrected chi connectivity index (χ1v) is 12.6. The van der Waals surface area contributed by atoms with E-state index in [4.69, 9.17) is 9.47 Å². The molecule has 0 radical (unpaired) electrons. The summed E-state index contributed by atoms with van der Waals surface area (Å²) in [6.45, 7) is 7.78. The number of rotatable bonds is 11. The highest BCUT2D eigenvalue weighted by molar-refractivity contribution is 8.00. The van der Waals surface area contributed by atoms with E-state index in [0.29, 0.717) is 43.1 Å². The maximum absolute atomic E-state index is 11.4. The molecule has 3 unspecified atom stereocenters. The minimum absolute atomic E-state index is 0.159. The predicted octanol–water partition coefficient (Wildman–Crippen LogP) is 6.19. The minimum atomic E-state index is -0.897.